The minimum absolute atomic E-state index is 0.0197. The highest BCUT2D eigenvalue weighted by atomic mass is 32.2. The van der Waals surface area contributed by atoms with E-state index in [-0.39, 0.29) is 35.9 Å². The smallest absolute Gasteiger partial charge is 0.264 e. The zero-order chi connectivity index (χ0) is 22.3. The third kappa shape index (κ3) is 5.27. The molecule has 0 atom stereocenters. The van der Waals surface area contributed by atoms with E-state index in [0.29, 0.717) is 5.69 Å². The number of pyridine rings is 1. The van der Waals surface area contributed by atoms with E-state index in [2.05, 4.69) is 4.98 Å². The zero-order valence-corrected chi connectivity index (χ0v) is 17.9. The average molecular weight is 435 g/mol. The van der Waals surface area contributed by atoms with E-state index in [1.54, 1.807) is 60.9 Å². The Morgan fingerprint density at radius 1 is 1.06 bits per heavy atom. The number of carbonyl (C=O) groups excluding carboxylic acids is 1. The minimum atomic E-state index is -3.85. The molecule has 31 heavy (non-hydrogen) atoms. The molecule has 1 aromatic heterocycles. The fourth-order valence-electron chi connectivity index (χ4n) is 3.06. The van der Waals surface area contributed by atoms with E-state index < -0.39 is 10.0 Å². The van der Waals surface area contributed by atoms with Gasteiger partial charge in [0, 0.05) is 38.1 Å². The highest BCUT2D eigenvalue weighted by Crippen LogP contribution is 2.23. The van der Waals surface area contributed by atoms with Crippen LogP contribution in [-0.4, -0.2) is 37.8 Å². The molecule has 3 aromatic rings. The predicted molar refractivity (Wildman–Crippen MR) is 118 cm³/mol. The molecule has 0 aliphatic carbocycles. The maximum Gasteiger partial charge on any atom is 0.264 e. The summed E-state index contributed by atoms with van der Waals surface area (Å²) in [6, 6.07) is 20.3. The van der Waals surface area contributed by atoms with Crippen LogP contribution in [0.2, 0.25) is 0 Å². The van der Waals surface area contributed by atoms with Crippen molar-refractivity contribution in [1.82, 2.24) is 9.88 Å². The van der Waals surface area contributed by atoms with E-state index >= 15 is 0 Å². The molecule has 0 aliphatic rings. The van der Waals surface area contributed by atoms with Crippen molar-refractivity contribution in [3.05, 3.63) is 90.3 Å². The van der Waals surface area contributed by atoms with Gasteiger partial charge < -0.3 is 4.90 Å². The third-order valence-electron chi connectivity index (χ3n) is 4.74. The van der Waals surface area contributed by atoms with Gasteiger partial charge in [0.15, 0.2) is 0 Å². The summed E-state index contributed by atoms with van der Waals surface area (Å²) in [4.78, 5) is 18.8. The molecule has 0 unspecified atom stereocenters. The highest BCUT2D eigenvalue weighted by molar-refractivity contribution is 7.92. The number of hydrogen-bond acceptors (Lipinski definition) is 5. The summed E-state index contributed by atoms with van der Waals surface area (Å²) in [5, 5.41) is 8.97. The fourth-order valence-corrected chi connectivity index (χ4v) is 4.30. The van der Waals surface area contributed by atoms with Crippen LogP contribution in [0, 0.1) is 11.3 Å². The van der Waals surface area contributed by atoms with Crippen molar-refractivity contribution in [2.75, 3.05) is 17.9 Å². The van der Waals surface area contributed by atoms with Crippen molar-refractivity contribution in [1.29, 1.82) is 5.26 Å². The lowest BCUT2D eigenvalue weighted by Crippen LogP contribution is -2.32. The second-order valence-electron chi connectivity index (χ2n) is 6.83. The van der Waals surface area contributed by atoms with Gasteiger partial charge in [0.25, 0.3) is 15.9 Å². The molecular formula is C23H22N4O3S. The number of hydrogen-bond donors (Lipinski definition) is 0. The largest absolute Gasteiger partial charge is 0.333 e. The number of rotatable bonds is 8. The second kappa shape index (κ2) is 9.87. The summed E-state index contributed by atoms with van der Waals surface area (Å²) in [6.07, 6.45) is 3.46. The molecule has 0 spiro atoms. The van der Waals surface area contributed by atoms with Crippen molar-refractivity contribution in [3.8, 4) is 6.07 Å². The minimum Gasteiger partial charge on any atom is -0.333 e. The second-order valence-corrected chi connectivity index (χ2v) is 8.80. The number of amides is 1. The molecule has 0 saturated heterocycles. The van der Waals surface area contributed by atoms with Crippen molar-refractivity contribution < 1.29 is 13.2 Å². The number of sulfonamides is 1. The maximum atomic E-state index is 13.2. The van der Waals surface area contributed by atoms with Crippen molar-refractivity contribution in [2.45, 2.75) is 17.9 Å². The number of nitrogens with zero attached hydrogens (tertiary/aromatic N) is 4. The van der Waals surface area contributed by atoms with E-state index in [0.717, 1.165) is 5.56 Å². The Balaban J connectivity index is 1.89. The van der Waals surface area contributed by atoms with Gasteiger partial charge in [0.05, 0.1) is 23.1 Å². The lowest BCUT2D eigenvalue weighted by molar-refractivity contribution is 0.0746. The van der Waals surface area contributed by atoms with Gasteiger partial charge in [-0.3, -0.25) is 14.1 Å². The van der Waals surface area contributed by atoms with Crippen LogP contribution in [-0.2, 0) is 16.6 Å². The molecule has 0 fully saturated rings. The Morgan fingerprint density at radius 3 is 2.52 bits per heavy atom. The van der Waals surface area contributed by atoms with Gasteiger partial charge in [-0.05, 0) is 42.0 Å². The number of carbonyl (C=O) groups is 1. The summed E-state index contributed by atoms with van der Waals surface area (Å²) in [5.74, 6) is -0.349. The van der Waals surface area contributed by atoms with Crippen molar-refractivity contribution >= 4 is 21.6 Å². The van der Waals surface area contributed by atoms with Gasteiger partial charge in [0.2, 0.25) is 0 Å². The predicted octanol–water partition coefficient (Wildman–Crippen LogP) is 3.46. The Bertz CT molecular complexity index is 1180. The Morgan fingerprint density at radius 2 is 1.84 bits per heavy atom. The van der Waals surface area contributed by atoms with Crippen LogP contribution in [0.25, 0.3) is 0 Å². The van der Waals surface area contributed by atoms with Crippen LogP contribution in [0.4, 0.5) is 5.69 Å². The van der Waals surface area contributed by atoms with Gasteiger partial charge in [-0.2, -0.15) is 5.26 Å². The molecule has 158 valence electrons. The van der Waals surface area contributed by atoms with Crippen LogP contribution in [0.1, 0.15) is 22.3 Å². The monoisotopic (exact) mass is 434 g/mol. The molecule has 7 nitrogen and oxygen atoms in total. The molecule has 1 heterocycles. The first-order valence-electron chi connectivity index (χ1n) is 9.62. The number of benzene rings is 2. The van der Waals surface area contributed by atoms with Crippen molar-refractivity contribution in [2.24, 2.45) is 0 Å². The molecule has 0 N–H and O–H groups in total. The molecule has 3 rings (SSSR count). The van der Waals surface area contributed by atoms with E-state index in [9.17, 15) is 13.2 Å². The SMILES string of the molecule is CN(c1ccccc1)S(=O)(=O)c1cccc(C(=O)N(CCC#N)Cc2cccnc2)c1. The van der Waals surface area contributed by atoms with Crippen LogP contribution >= 0.6 is 0 Å². The number of para-hydroxylation sites is 1. The summed E-state index contributed by atoms with van der Waals surface area (Å²) in [7, 11) is -2.38. The average Bonchev–Trinajstić information content (AvgIpc) is 2.82. The van der Waals surface area contributed by atoms with Gasteiger partial charge >= 0.3 is 0 Å². The number of aromatic nitrogens is 1. The molecule has 0 aliphatic heterocycles. The van der Waals surface area contributed by atoms with Crippen LogP contribution in [0.5, 0.6) is 0 Å². The summed E-state index contributed by atoms with van der Waals surface area (Å²) in [6.45, 7) is 0.500. The molecule has 1 amide bonds. The summed E-state index contributed by atoms with van der Waals surface area (Å²) < 4.78 is 27.4. The van der Waals surface area contributed by atoms with E-state index in [1.807, 2.05) is 12.1 Å². The highest BCUT2D eigenvalue weighted by Gasteiger charge is 2.24. The topological polar surface area (TPSA) is 94.4 Å². The maximum absolute atomic E-state index is 13.2. The van der Waals surface area contributed by atoms with Gasteiger partial charge in [0.1, 0.15) is 0 Å². The van der Waals surface area contributed by atoms with E-state index in [4.69, 9.17) is 5.26 Å². The normalized spacial score (nSPS) is 10.8. The zero-order valence-electron chi connectivity index (χ0n) is 17.0. The Labute approximate surface area is 182 Å². The van der Waals surface area contributed by atoms with Crippen LogP contribution in [0.3, 0.4) is 0 Å². The summed E-state index contributed by atoms with van der Waals surface area (Å²) >= 11 is 0. The number of anilines is 1. The summed E-state index contributed by atoms with van der Waals surface area (Å²) in [5.41, 5.74) is 1.58. The lowest BCUT2D eigenvalue weighted by Gasteiger charge is -2.23. The molecule has 0 bridgehead atoms. The third-order valence-corrected chi connectivity index (χ3v) is 6.52. The Kier molecular flexibility index (Phi) is 7.00. The van der Waals surface area contributed by atoms with Gasteiger partial charge in [-0.15, -0.1) is 0 Å². The molecular weight excluding hydrogens is 412 g/mol. The van der Waals surface area contributed by atoms with E-state index in [1.165, 1.54) is 28.4 Å². The van der Waals surface area contributed by atoms with Crippen LogP contribution < -0.4 is 4.31 Å². The standard InChI is InChI=1S/C23H22N4O3S/c1-26(21-10-3-2-4-11-21)31(29,30)22-12-5-9-20(16-22)23(28)27(15-7-13-24)18-19-8-6-14-25-17-19/h2-6,8-12,14,16-17H,7,15,18H2,1H3. The first-order valence-corrected chi connectivity index (χ1v) is 11.1. The first-order chi connectivity index (χ1) is 14.9. The molecule has 0 saturated carbocycles. The number of nitriles is 1. The molecule has 2 aromatic carbocycles. The Hall–Kier alpha value is -3.70. The van der Waals surface area contributed by atoms with Crippen LogP contribution in [0.15, 0.2) is 84.0 Å². The molecule has 0 radical (unpaired) electrons. The van der Waals surface area contributed by atoms with Gasteiger partial charge in [-0.1, -0.05) is 30.3 Å². The fraction of sp³-hybridized carbons (Fsp3) is 0.174. The van der Waals surface area contributed by atoms with Gasteiger partial charge in [-0.25, -0.2) is 8.42 Å². The first kappa shape index (κ1) is 22.0. The van der Waals surface area contributed by atoms with Crippen molar-refractivity contribution in [3.63, 3.8) is 0 Å². The molecule has 8 heteroatoms. The lowest BCUT2D eigenvalue weighted by atomic mass is 10.1. The quantitative estimate of drug-likeness (QED) is 0.541.